The van der Waals surface area contributed by atoms with Crippen molar-refractivity contribution < 1.29 is 17.8 Å². The van der Waals surface area contributed by atoms with Crippen molar-refractivity contribution in [3.63, 3.8) is 0 Å². The van der Waals surface area contributed by atoms with Crippen molar-refractivity contribution in [2.24, 2.45) is 5.73 Å². The molecular formula is C11H19N3O4S. The van der Waals surface area contributed by atoms with Gasteiger partial charge in [0.15, 0.2) is 0 Å². The predicted molar refractivity (Wildman–Crippen MR) is 73.2 cm³/mol. The molecule has 1 rings (SSSR count). The van der Waals surface area contributed by atoms with E-state index in [4.69, 9.17) is 16.0 Å². The van der Waals surface area contributed by atoms with Crippen molar-refractivity contribution in [2.75, 3.05) is 12.3 Å². The van der Waals surface area contributed by atoms with E-state index in [1.54, 1.807) is 0 Å². The summed E-state index contributed by atoms with van der Waals surface area (Å²) in [7, 11) is -4.11. The molecule has 2 amide bonds. The molecule has 1 aromatic rings. The van der Waals surface area contributed by atoms with Crippen LogP contribution < -0.4 is 16.8 Å². The Morgan fingerprint density at radius 1 is 1.42 bits per heavy atom. The fraction of sp³-hybridized carbons (Fsp3) is 0.364. The zero-order valence-electron chi connectivity index (χ0n) is 10.7. The summed E-state index contributed by atoms with van der Waals surface area (Å²) in [6, 6.07) is 5.02. The third kappa shape index (κ3) is 8.86. The lowest BCUT2D eigenvalue weighted by Crippen LogP contribution is -2.29. The van der Waals surface area contributed by atoms with Gasteiger partial charge in [-0.2, -0.15) is 8.42 Å². The van der Waals surface area contributed by atoms with Crippen molar-refractivity contribution in [1.29, 1.82) is 0 Å². The summed E-state index contributed by atoms with van der Waals surface area (Å²) in [6.07, 6.45) is 2.09. The molecule has 0 saturated carbocycles. The summed E-state index contributed by atoms with van der Waals surface area (Å²) in [5.41, 5.74) is 10.4. The van der Waals surface area contributed by atoms with Crippen LogP contribution in [0.5, 0.6) is 0 Å². The van der Waals surface area contributed by atoms with Gasteiger partial charge in [-0.1, -0.05) is 19.4 Å². The van der Waals surface area contributed by atoms with E-state index >= 15 is 0 Å². The quantitative estimate of drug-likeness (QED) is 0.372. The standard InChI is InChI=1S/C6H7NO3S.C5H12N2O/c7-5-2-1-3-6(4-5)11(8,9)10;1-2-3-4-7-5(6)8/h1-4H,7H2,(H,8,9,10);2-4H2,1H3,(H3,6,7,8). The predicted octanol–water partition coefficient (Wildman–Crippen LogP) is 0.970. The SMILES string of the molecule is CCCCNC(N)=O.Nc1cccc(S(=O)(=O)O)c1. The number of anilines is 1. The van der Waals surface area contributed by atoms with Crippen LogP contribution >= 0.6 is 0 Å². The molecular weight excluding hydrogens is 270 g/mol. The number of nitrogens with two attached hydrogens (primary N) is 2. The van der Waals surface area contributed by atoms with Gasteiger partial charge < -0.3 is 16.8 Å². The molecule has 0 aliphatic heterocycles. The van der Waals surface area contributed by atoms with Crippen LogP contribution in [0.3, 0.4) is 0 Å². The largest absolute Gasteiger partial charge is 0.399 e. The lowest BCUT2D eigenvalue weighted by Gasteiger charge is -1.96. The number of amides is 2. The molecule has 0 unspecified atom stereocenters. The molecule has 1 aromatic carbocycles. The van der Waals surface area contributed by atoms with Gasteiger partial charge in [0.2, 0.25) is 0 Å². The molecule has 0 atom stereocenters. The highest BCUT2D eigenvalue weighted by Gasteiger charge is 2.07. The van der Waals surface area contributed by atoms with Gasteiger partial charge in [0.1, 0.15) is 0 Å². The van der Waals surface area contributed by atoms with Gasteiger partial charge in [0.05, 0.1) is 4.90 Å². The summed E-state index contributed by atoms with van der Waals surface area (Å²) in [6.45, 7) is 2.76. The topological polar surface area (TPSA) is 136 Å². The Morgan fingerprint density at radius 3 is 2.42 bits per heavy atom. The van der Waals surface area contributed by atoms with Crippen LogP contribution in [0.1, 0.15) is 19.8 Å². The second kappa shape index (κ2) is 8.33. The fourth-order valence-corrected chi connectivity index (χ4v) is 1.60. The number of benzene rings is 1. The molecule has 0 aliphatic carbocycles. The Hall–Kier alpha value is -1.80. The zero-order valence-corrected chi connectivity index (χ0v) is 11.5. The highest BCUT2D eigenvalue weighted by atomic mass is 32.2. The first kappa shape index (κ1) is 17.2. The van der Waals surface area contributed by atoms with Crippen LogP contribution in [0.4, 0.5) is 10.5 Å². The third-order valence-electron chi connectivity index (χ3n) is 1.99. The average molecular weight is 289 g/mol. The van der Waals surface area contributed by atoms with Crippen LogP contribution in [0, 0.1) is 0 Å². The average Bonchev–Trinajstić information content (AvgIpc) is 2.28. The Bertz CT molecular complexity index is 502. The van der Waals surface area contributed by atoms with Crippen LogP contribution in [-0.4, -0.2) is 25.5 Å². The van der Waals surface area contributed by atoms with E-state index in [2.05, 4.69) is 12.2 Å². The Labute approximate surface area is 112 Å². The van der Waals surface area contributed by atoms with E-state index in [0.717, 1.165) is 12.8 Å². The Balaban J connectivity index is 0.000000362. The van der Waals surface area contributed by atoms with Crippen LogP contribution in [0.25, 0.3) is 0 Å². The van der Waals surface area contributed by atoms with Gasteiger partial charge in [-0.3, -0.25) is 4.55 Å². The van der Waals surface area contributed by atoms with Crippen LogP contribution in [-0.2, 0) is 10.1 Å². The number of hydrogen-bond donors (Lipinski definition) is 4. The van der Waals surface area contributed by atoms with Crippen LogP contribution in [0.15, 0.2) is 29.2 Å². The van der Waals surface area contributed by atoms with E-state index in [9.17, 15) is 13.2 Å². The molecule has 0 saturated heterocycles. The zero-order chi connectivity index (χ0) is 14.9. The number of rotatable bonds is 4. The molecule has 0 aromatic heterocycles. The molecule has 0 spiro atoms. The van der Waals surface area contributed by atoms with Gasteiger partial charge in [0, 0.05) is 12.2 Å². The molecule has 19 heavy (non-hydrogen) atoms. The lowest BCUT2D eigenvalue weighted by atomic mass is 10.3. The first-order chi connectivity index (χ1) is 8.77. The normalized spacial score (nSPS) is 10.2. The third-order valence-corrected chi connectivity index (χ3v) is 2.84. The number of carbonyl (C=O) groups is 1. The molecule has 0 heterocycles. The Kier molecular flexibility index (Phi) is 7.54. The van der Waals surface area contributed by atoms with E-state index < -0.39 is 16.1 Å². The van der Waals surface area contributed by atoms with Crippen molar-refractivity contribution in [3.05, 3.63) is 24.3 Å². The highest BCUT2D eigenvalue weighted by molar-refractivity contribution is 7.85. The summed E-state index contributed by atoms with van der Waals surface area (Å²) in [4.78, 5) is 9.80. The summed E-state index contributed by atoms with van der Waals surface area (Å²) >= 11 is 0. The minimum absolute atomic E-state index is 0.183. The van der Waals surface area contributed by atoms with E-state index in [0.29, 0.717) is 12.2 Å². The Morgan fingerprint density at radius 2 is 2.05 bits per heavy atom. The molecule has 0 fully saturated rings. The van der Waals surface area contributed by atoms with Gasteiger partial charge in [-0.05, 0) is 24.6 Å². The maximum Gasteiger partial charge on any atom is 0.312 e. The molecule has 0 aliphatic rings. The lowest BCUT2D eigenvalue weighted by molar-refractivity contribution is 0.249. The van der Waals surface area contributed by atoms with Gasteiger partial charge in [0.25, 0.3) is 10.1 Å². The first-order valence-corrected chi connectivity index (χ1v) is 7.07. The molecule has 0 bridgehead atoms. The maximum atomic E-state index is 10.5. The van der Waals surface area contributed by atoms with E-state index in [1.807, 2.05) is 0 Å². The van der Waals surface area contributed by atoms with E-state index in [-0.39, 0.29) is 4.90 Å². The number of unbranched alkanes of at least 4 members (excludes halogenated alkanes) is 1. The van der Waals surface area contributed by atoms with Gasteiger partial charge >= 0.3 is 6.03 Å². The number of primary amides is 1. The number of nitrogens with one attached hydrogen (secondary N) is 1. The number of urea groups is 1. The number of nitrogen functional groups attached to an aromatic ring is 1. The van der Waals surface area contributed by atoms with Crippen molar-refractivity contribution in [2.45, 2.75) is 24.7 Å². The summed E-state index contributed by atoms with van der Waals surface area (Å²) in [5, 5.41) is 2.49. The van der Waals surface area contributed by atoms with E-state index in [1.165, 1.54) is 24.3 Å². The van der Waals surface area contributed by atoms with Crippen molar-refractivity contribution >= 4 is 21.8 Å². The molecule has 108 valence electrons. The first-order valence-electron chi connectivity index (χ1n) is 5.63. The van der Waals surface area contributed by atoms with Gasteiger partial charge in [-0.15, -0.1) is 0 Å². The molecule has 8 heteroatoms. The van der Waals surface area contributed by atoms with Gasteiger partial charge in [-0.25, -0.2) is 4.79 Å². The van der Waals surface area contributed by atoms with Crippen molar-refractivity contribution in [3.8, 4) is 0 Å². The number of carbonyl (C=O) groups excluding carboxylic acids is 1. The number of hydrogen-bond acceptors (Lipinski definition) is 4. The maximum absolute atomic E-state index is 10.5. The molecule has 0 radical (unpaired) electrons. The van der Waals surface area contributed by atoms with Crippen molar-refractivity contribution in [1.82, 2.24) is 5.32 Å². The second-order valence-corrected chi connectivity index (χ2v) is 5.11. The fourth-order valence-electron chi connectivity index (χ4n) is 1.06. The molecule has 6 N–H and O–H groups in total. The summed E-state index contributed by atoms with van der Waals surface area (Å²) < 4.78 is 29.5. The highest BCUT2D eigenvalue weighted by Crippen LogP contribution is 2.11. The minimum Gasteiger partial charge on any atom is -0.399 e. The minimum atomic E-state index is -4.11. The smallest absolute Gasteiger partial charge is 0.312 e. The summed E-state index contributed by atoms with van der Waals surface area (Å²) in [5.74, 6) is 0. The monoisotopic (exact) mass is 289 g/mol. The molecule has 7 nitrogen and oxygen atoms in total. The van der Waals surface area contributed by atoms with Crippen LogP contribution in [0.2, 0.25) is 0 Å². The second-order valence-electron chi connectivity index (χ2n) is 3.69.